The second-order valence-electron chi connectivity index (χ2n) is 2.17. The van der Waals surface area contributed by atoms with Crippen LogP contribution >= 0.6 is 45.5 Å². The molecular formula is C6H5I2N3. The molecule has 0 amide bonds. The quantitative estimate of drug-likeness (QED) is 0.328. The lowest BCUT2D eigenvalue weighted by Crippen LogP contribution is -2.19. The van der Waals surface area contributed by atoms with E-state index in [2.05, 4.69) is 58.9 Å². The molecule has 0 spiro atoms. The zero-order chi connectivity index (χ0) is 7.84. The molecule has 2 heterocycles. The Morgan fingerprint density at radius 2 is 2.45 bits per heavy atom. The van der Waals surface area contributed by atoms with E-state index in [4.69, 9.17) is 0 Å². The predicted octanol–water partition coefficient (Wildman–Crippen LogP) is 2.38. The minimum Gasteiger partial charge on any atom is -0.353 e. The third-order valence-electron chi connectivity index (χ3n) is 1.46. The smallest absolute Gasteiger partial charge is 0.163 e. The first-order chi connectivity index (χ1) is 5.29. The monoisotopic (exact) mass is 373 g/mol. The fourth-order valence-corrected chi connectivity index (χ4v) is 2.10. The first-order valence-corrected chi connectivity index (χ1v) is 5.31. The van der Waals surface area contributed by atoms with Gasteiger partial charge in [-0.3, -0.25) is 3.11 Å². The van der Waals surface area contributed by atoms with Gasteiger partial charge >= 0.3 is 0 Å². The van der Waals surface area contributed by atoms with Crippen molar-refractivity contribution in [2.45, 2.75) is 4.17 Å². The predicted molar refractivity (Wildman–Crippen MR) is 62.2 cm³/mol. The molecule has 0 bridgehead atoms. The molecule has 1 aliphatic heterocycles. The van der Waals surface area contributed by atoms with E-state index in [9.17, 15) is 0 Å². The largest absolute Gasteiger partial charge is 0.353 e. The van der Waals surface area contributed by atoms with Gasteiger partial charge in [0.2, 0.25) is 0 Å². The van der Waals surface area contributed by atoms with E-state index in [0.29, 0.717) is 4.17 Å². The Balaban J connectivity index is 2.47. The molecule has 3 nitrogen and oxygen atoms in total. The van der Waals surface area contributed by atoms with Crippen molar-refractivity contribution in [3.63, 3.8) is 0 Å². The van der Waals surface area contributed by atoms with E-state index >= 15 is 0 Å². The highest BCUT2D eigenvalue weighted by atomic mass is 127. The second-order valence-corrected chi connectivity index (χ2v) is 4.39. The van der Waals surface area contributed by atoms with Gasteiger partial charge < -0.3 is 5.32 Å². The Morgan fingerprint density at radius 1 is 1.64 bits per heavy atom. The molecule has 0 fully saturated rings. The summed E-state index contributed by atoms with van der Waals surface area (Å²) in [4.78, 5) is 4.24. The summed E-state index contributed by atoms with van der Waals surface area (Å²) in [5.41, 5.74) is 1.11. The van der Waals surface area contributed by atoms with Crippen LogP contribution in [0, 0.1) is 0 Å². The van der Waals surface area contributed by atoms with Crippen LogP contribution in [0.25, 0.3) is 0 Å². The maximum atomic E-state index is 4.24. The highest BCUT2D eigenvalue weighted by molar-refractivity contribution is 14.1. The molecular weight excluding hydrogens is 368 g/mol. The van der Waals surface area contributed by atoms with Gasteiger partial charge in [-0.1, -0.05) is 0 Å². The molecule has 1 aromatic heterocycles. The zero-order valence-corrected chi connectivity index (χ0v) is 9.77. The van der Waals surface area contributed by atoms with Crippen LogP contribution in [-0.4, -0.2) is 9.16 Å². The number of aromatic nitrogens is 1. The van der Waals surface area contributed by atoms with Crippen LogP contribution < -0.4 is 8.43 Å². The first kappa shape index (κ1) is 7.84. The van der Waals surface area contributed by atoms with Gasteiger partial charge in [0.1, 0.15) is 0 Å². The lowest BCUT2D eigenvalue weighted by atomic mass is 10.4. The van der Waals surface area contributed by atoms with Crippen LogP contribution in [0.5, 0.6) is 0 Å². The summed E-state index contributed by atoms with van der Waals surface area (Å²) in [6.07, 6.45) is 1.81. The maximum Gasteiger partial charge on any atom is 0.163 e. The Bertz CT molecular complexity index is 278. The second kappa shape index (κ2) is 2.92. The molecule has 0 radical (unpaired) electrons. The van der Waals surface area contributed by atoms with E-state index in [0.717, 1.165) is 11.5 Å². The number of nitrogens with one attached hydrogen (secondary N) is 1. The number of alkyl halides is 1. The van der Waals surface area contributed by atoms with Crippen molar-refractivity contribution in [2.75, 3.05) is 8.43 Å². The van der Waals surface area contributed by atoms with E-state index < -0.39 is 0 Å². The summed E-state index contributed by atoms with van der Waals surface area (Å²) in [7, 11) is 0. The molecule has 1 atom stereocenters. The van der Waals surface area contributed by atoms with Gasteiger partial charge in [-0.05, 0) is 34.7 Å². The van der Waals surface area contributed by atoms with Gasteiger partial charge in [-0.2, -0.15) is 0 Å². The Kier molecular flexibility index (Phi) is 2.08. The van der Waals surface area contributed by atoms with Gasteiger partial charge in [0.05, 0.1) is 28.6 Å². The molecule has 1 aromatic rings. The van der Waals surface area contributed by atoms with Crippen LogP contribution in [0.2, 0.25) is 0 Å². The fraction of sp³-hybridized carbons (Fsp3) is 0.167. The van der Waals surface area contributed by atoms with Crippen molar-refractivity contribution in [2.24, 2.45) is 0 Å². The number of hydrogen-bond acceptors (Lipinski definition) is 3. The van der Waals surface area contributed by atoms with Gasteiger partial charge in [0.25, 0.3) is 0 Å². The van der Waals surface area contributed by atoms with E-state index in [1.54, 1.807) is 6.20 Å². The van der Waals surface area contributed by atoms with Crippen molar-refractivity contribution in [1.29, 1.82) is 0 Å². The number of anilines is 2. The summed E-state index contributed by atoms with van der Waals surface area (Å²) >= 11 is 4.57. The lowest BCUT2D eigenvalue weighted by molar-refractivity contribution is 1.16. The number of rotatable bonds is 0. The normalized spacial score (nSPS) is 21.3. The van der Waals surface area contributed by atoms with Crippen LogP contribution in [0.15, 0.2) is 18.3 Å². The van der Waals surface area contributed by atoms with E-state index in [-0.39, 0.29) is 0 Å². The van der Waals surface area contributed by atoms with Crippen molar-refractivity contribution >= 4 is 57.0 Å². The average molecular weight is 373 g/mol. The molecule has 1 unspecified atom stereocenters. The van der Waals surface area contributed by atoms with Crippen LogP contribution in [0.3, 0.4) is 0 Å². The molecule has 0 saturated carbocycles. The van der Waals surface area contributed by atoms with Crippen molar-refractivity contribution in [3.8, 4) is 0 Å². The topological polar surface area (TPSA) is 28.2 Å². The van der Waals surface area contributed by atoms with Gasteiger partial charge in [0.15, 0.2) is 9.99 Å². The Morgan fingerprint density at radius 3 is 3.18 bits per heavy atom. The average Bonchev–Trinajstić information content (AvgIpc) is 2.30. The molecule has 1 N–H and O–H groups in total. The number of halogens is 2. The fourth-order valence-electron chi connectivity index (χ4n) is 0.972. The molecule has 1 aliphatic rings. The third-order valence-corrected chi connectivity index (χ3v) is 4.41. The molecule has 2 rings (SSSR count). The van der Waals surface area contributed by atoms with Gasteiger partial charge in [0, 0.05) is 6.20 Å². The van der Waals surface area contributed by atoms with Gasteiger partial charge in [-0.25, -0.2) is 4.98 Å². The highest BCUT2D eigenvalue weighted by Gasteiger charge is 2.24. The minimum atomic E-state index is 0.318. The summed E-state index contributed by atoms with van der Waals surface area (Å²) in [5, 5.41) is 3.29. The molecule has 5 heteroatoms. The summed E-state index contributed by atoms with van der Waals surface area (Å²) in [5.74, 6) is 1.02. The number of pyridine rings is 1. The van der Waals surface area contributed by atoms with Crippen LogP contribution in [0.4, 0.5) is 11.5 Å². The Labute approximate surface area is 92.2 Å². The first-order valence-electron chi connectivity index (χ1n) is 3.09. The molecule has 0 saturated heterocycles. The van der Waals surface area contributed by atoms with E-state index in [1.165, 1.54) is 0 Å². The SMILES string of the molecule is IC1Nc2cccnc2N1I. The zero-order valence-electron chi connectivity index (χ0n) is 5.46. The van der Waals surface area contributed by atoms with Crippen molar-refractivity contribution < 1.29 is 0 Å². The molecule has 58 valence electrons. The van der Waals surface area contributed by atoms with E-state index in [1.807, 2.05) is 12.1 Å². The number of nitrogens with zero attached hydrogens (tertiary/aromatic N) is 2. The van der Waals surface area contributed by atoms with Crippen LogP contribution in [0.1, 0.15) is 0 Å². The molecule has 0 aliphatic carbocycles. The van der Waals surface area contributed by atoms with Crippen molar-refractivity contribution in [1.82, 2.24) is 4.98 Å². The Hall–Kier alpha value is 0.210. The van der Waals surface area contributed by atoms with Crippen LogP contribution in [-0.2, 0) is 0 Å². The molecule has 0 aromatic carbocycles. The maximum absolute atomic E-state index is 4.24. The summed E-state index contributed by atoms with van der Waals surface area (Å²) in [6.45, 7) is 0. The lowest BCUT2D eigenvalue weighted by Gasteiger charge is -2.10. The summed E-state index contributed by atoms with van der Waals surface area (Å²) in [6, 6.07) is 3.97. The number of fused-ring (bicyclic) bond motifs is 1. The standard InChI is InChI=1S/C6H5I2N3/c7-6-10-4-2-1-3-9-5(4)11(6)8/h1-3,6,10H. The third kappa shape index (κ3) is 1.28. The number of hydrogen-bond donors (Lipinski definition) is 1. The van der Waals surface area contributed by atoms with Crippen molar-refractivity contribution in [3.05, 3.63) is 18.3 Å². The minimum absolute atomic E-state index is 0.318. The van der Waals surface area contributed by atoms with Gasteiger partial charge in [-0.15, -0.1) is 0 Å². The highest BCUT2D eigenvalue weighted by Crippen LogP contribution is 2.36. The summed E-state index contributed by atoms with van der Waals surface area (Å²) < 4.78 is 2.39. The molecule has 11 heavy (non-hydrogen) atoms.